The first-order chi connectivity index (χ1) is 25.4. The van der Waals surface area contributed by atoms with Gasteiger partial charge in [-0.25, -0.2) is 4.79 Å². The maximum atomic E-state index is 12.9. The normalized spacial score (nSPS) is 13.6. The lowest BCUT2D eigenvalue weighted by Crippen LogP contribution is -2.47. The van der Waals surface area contributed by atoms with Gasteiger partial charge in [0.25, 0.3) is 0 Å². The minimum absolute atomic E-state index is 0.0366. The molecule has 278 valence electrons. The van der Waals surface area contributed by atoms with Gasteiger partial charge in [0.2, 0.25) is 0 Å². The molecule has 1 aliphatic heterocycles. The zero-order chi connectivity index (χ0) is 36.4. The number of para-hydroxylation sites is 1. The van der Waals surface area contributed by atoms with Crippen molar-refractivity contribution in [3.63, 3.8) is 0 Å². The van der Waals surface area contributed by atoms with Crippen LogP contribution >= 0.6 is 0 Å². The minimum Gasteiger partial charge on any atom is -0.508 e. The highest BCUT2D eigenvalue weighted by molar-refractivity contribution is 5.74. The molecule has 52 heavy (non-hydrogen) atoms. The Hall–Kier alpha value is -5.13. The largest absolute Gasteiger partial charge is 0.508 e. The number of methoxy groups -OCH3 is 1. The molecule has 0 aliphatic carbocycles. The van der Waals surface area contributed by atoms with E-state index in [0.29, 0.717) is 57.6 Å². The number of benzene rings is 4. The smallest absolute Gasteiger partial charge is 0.317 e. The fourth-order valence-corrected chi connectivity index (χ4v) is 5.92. The van der Waals surface area contributed by atoms with E-state index in [1.165, 1.54) is 5.56 Å². The molecular formula is C41H52N4O7. The lowest BCUT2D eigenvalue weighted by atomic mass is 10.0. The third-order valence-corrected chi connectivity index (χ3v) is 8.85. The highest BCUT2D eigenvalue weighted by Gasteiger charge is 2.22. The Morgan fingerprint density at radius 2 is 1.52 bits per heavy atom. The zero-order valence-corrected chi connectivity index (χ0v) is 30.0. The molecular weight excluding hydrogens is 660 g/mol. The predicted octanol–water partition coefficient (Wildman–Crippen LogP) is 5.65. The van der Waals surface area contributed by atoms with Crippen molar-refractivity contribution < 1.29 is 34.0 Å². The maximum Gasteiger partial charge on any atom is 0.317 e. The molecule has 11 heteroatoms. The number of aliphatic hydroxyl groups excluding tert-OH is 1. The number of amides is 2. The van der Waals surface area contributed by atoms with Crippen LogP contribution in [0, 0.1) is 0 Å². The summed E-state index contributed by atoms with van der Waals surface area (Å²) >= 11 is 0. The first-order valence-electron chi connectivity index (χ1n) is 18.1. The van der Waals surface area contributed by atoms with Crippen LogP contribution in [-0.4, -0.2) is 92.9 Å². The second kappa shape index (κ2) is 20.7. The zero-order valence-electron chi connectivity index (χ0n) is 30.0. The molecule has 1 fully saturated rings. The highest BCUT2D eigenvalue weighted by atomic mass is 16.5. The topological polar surface area (TPSA) is 134 Å². The van der Waals surface area contributed by atoms with Crippen LogP contribution in [0.5, 0.6) is 28.7 Å². The Balaban J connectivity index is 0.918. The minimum atomic E-state index is -0.631. The first-order valence-corrected chi connectivity index (χ1v) is 18.1. The van der Waals surface area contributed by atoms with Gasteiger partial charge in [0.05, 0.1) is 20.3 Å². The Bertz CT molecular complexity index is 1610. The first kappa shape index (κ1) is 38.1. The van der Waals surface area contributed by atoms with E-state index in [1.54, 1.807) is 31.4 Å². The summed E-state index contributed by atoms with van der Waals surface area (Å²) in [4.78, 5) is 14.8. The van der Waals surface area contributed by atoms with E-state index < -0.39 is 6.10 Å². The summed E-state index contributed by atoms with van der Waals surface area (Å²) in [5.74, 6) is 3.13. The number of aromatic hydroxyl groups is 1. The molecule has 1 atom stereocenters. The predicted molar refractivity (Wildman–Crippen MR) is 203 cm³/mol. The fourth-order valence-electron chi connectivity index (χ4n) is 5.92. The number of phenolic OH excluding ortho intramolecular Hbond substituents is 1. The van der Waals surface area contributed by atoms with Gasteiger partial charge in [-0.3, -0.25) is 0 Å². The number of phenols is 1. The second-order valence-corrected chi connectivity index (χ2v) is 12.8. The molecule has 5 rings (SSSR count). The van der Waals surface area contributed by atoms with Crippen molar-refractivity contribution in [3.05, 3.63) is 108 Å². The number of rotatable bonds is 20. The summed E-state index contributed by atoms with van der Waals surface area (Å²) < 4.78 is 22.8. The monoisotopic (exact) mass is 712 g/mol. The van der Waals surface area contributed by atoms with E-state index >= 15 is 0 Å². The van der Waals surface area contributed by atoms with Gasteiger partial charge in [-0.1, -0.05) is 36.4 Å². The molecule has 1 saturated heterocycles. The van der Waals surface area contributed by atoms with Crippen molar-refractivity contribution in [1.29, 1.82) is 0 Å². The van der Waals surface area contributed by atoms with Crippen LogP contribution in [0.3, 0.4) is 0 Å². The molecule has 0 bridgehead atoms. The number of hydrogen-bond acceptors (Lipinski definition) is 9. The van der Waals surface area contributed by atoms with Crippen molar-refractivity contribution in [2.45, 2.75) is 44.2 Å². The van der Waals surface area contributed by atoms with E-state index in [4.69, 9.17) is 18.9 Å². The summed E-state index contributed by atoms with van der Waals surface area (Å²) in [6.45, 7) is 4.39. The average Bonchev–Trinajstić information content (AvgIpc) is 3.18. The van der Waals surface area contributed by atoms with Gasteiger partial charge < -0.3 is 50.0 Å². The van der Waals surface area contributed by atoms with Crippen LogP contribution in [0.15, 0.2) is 97.1 Å². The molecule has 0 aromatic heterocycles. The number of urea groups is 1. The summed E-state index contributed by atoms with van der Waals surface area (Å²) in [7, 11) is 1.65. The summed E-state index contributed by atoms with van der Waals surface area (Å²) in [6.07, 6.45) is 3.40. The van der Waals surface area contributed by atoms with Crippen LogP contribution in [0.4, 0.5) is 10.5 Å². The molecule has 2 amide bonds. The molecule has 4 aromatic rings. The van der Waals surface area contributed by atoms with Crippen LogP contribution in [0.1, 0.15) is 30.4 Å². The summed E-state index contributed by atoms with van der Waals surface area (Å²) in [5, 5.41) is 29.5. The van der Waals surface area contributed by atoms with Gasteiger partial charge in [-0.15, -0.1) is 0 Å². The molecule has 0 unspecified atom stereocenters. The number of ether oxygens (including phenoxy) is 4. The number of carbonyl (C=O) groups excluding carboxylic acids is 1. The van der Waals surface area contributed by atoms with Gasteiger partial charge in [-0.05, 0) is 98.0 Å². The van der Waals surface area contributed by atoms with Crippen LogP contribution in [0.25, 0.3) is 0 Å². The van der Waals surface area contributed by atoms with E-state index in [0.717, 1.165) is 60.7 Å². The van der Waals surface area contributed by atoms with Gasteiger partial charge in [0.15, 0.2) is 0 Å². The number of likely N-dealkylation sites (tertiary alicyclic amines) is 1. The van der Waals surface area contributed by atoms with E-state index in [2.05, 4.69) is 40.2 Å². The summed E-state index contributed by atoms with van der Waals surface area (Å²) in [6, 6.07) is 30.7. The van der Waals surface area contributed by atoms with E-state index in [-0.39, 0.29) is 18.4 Å². The van der Waals surface area contributed by atoms with Gasteiger partial charge in [0.1, 0.15) is 41.5 Å². The van der Waals surface area contributed by atoms with Crippen molar-refractivity contribution >= 4 is 11.7 Å². The standard InChI is InChI=1S/C41H52N4O7/c1-49-40-28-39(51-27-5-26-50-37-6-3-2-4-7-37)15-10-32(40)19-23-43-41(48)45-24-20-34(21-25-45)44-33-11-8-31(9-12-33)18-22-42-29-36(47)30-52-38-16-13-35(46)14-17-38/h2-4,6-17,28,34,36,42,44,46-47H,5,18-27,29-30H2,1H3,(H,43,48)/t36-/m0/s1. The third-order valence-electron chi connectivity index (χ3n) is 8.85. The SMILES string of the molecule is COc1cc(OCCCOc2ccccc2)ccc1CCNC(=O)N1CCC(Nc2ccc(CCNC[C@H](O)COc3ccc(O)cc3)cc2)CC1. The molecule has 1 heterocycles. The molecule has 0 radical (unpaired) electrons. The fraction of sp³-hybridized carbons (Fsp3) is 0.390. The van der Waals surface area contributed by atoms with Crippen molar-refractivity contribution in [3.8, 4) is 28.7 Å². The number of piperidine rings is 1. The molecule has 5 N–H and O–H groups in total. The number of aliphatic hydroxyl groups is 1. The highest BCUT2D eigenvalue weighted by Crippen LogP contribution is 2.25. The Kier molecular flexibility index (Phi) is 15.1. The van der Waals surface area contributed by atoms with Gasteiger partial charge >= 0.3 is 6.03 Å². The van der Waals surface area contributed by atoms with Gasteiger partial charge in [0, 0.05) is 50.4 Å². The Labute approximate surface area is 306 Å². The third kappa shape index (κ3) is 12.9. The Morgan fingerprint density at radius 3 is 2.25 bits per heavy atom. The van der Waals surface area contributed by atoms with Crippen molar-refractivity contribution in [2.24, 2.45) is 0 Å². The molecule has 0 spiro atoms. The maximum absolute atomic E-state index is 12.9. The van der Waals surface area contributed by atoms with E-state index in [9.17, 15) is 15.0 Å². The molecule has 1 aliphatic rings. The number of nitrogens with zero attached hydrogens (tertiary/aromatic N) is 1. The van der Waals surface area contributed by atoms with Crippen LogP contribution in [-0.2, 0) is 12.8 Å². The molecule has 4 aromatic carbocycles. The lowest BCUT2D eigenvalue weighted by Gasteiger charge is -2.33. The van der Waals surface area contributed by atoms with Gasteiger partial charge in [-0.2, -0.15) is 0 Å². The second-order valence-electron chi connectivity index (χ2n) is 12.8. The van der Waals surface area contributed by atoms with E-state index in [1.807, 2.05) is 53.4 Å². The van der Waals surface area contributed by atoms with Crippen molar-refractivity contribution in [2.75, 3.05) is 65.0 Å². The number of carbonyl (C=O) groups is 1. The quantitative estimate of drug-likeness (QED) is 0.0738. The molecule has 0 saturated carbocycles. The van der Waals surface area contributed by atoms with Crippen molar-refractivity contribution in [1.82, 2.24) is 15.5 Å². The van der Waals surface area contributed by atoms with Crippen LogP contribution < -0.4 is 34.9 Å². The van der Waals surface area contributed by atoms with Crippen LogP contribution in [0.2, 0.25) is 0 Å². The lowest BCUT2D eigenvalue weighted by molar-refractivity contribution is 0.106. The average molecular weight is 713 g/mol. The summed E-state index contributed by atoms with van der Waals surface area (Å²) in [5.41, 5.74) is 3.30. The number of anilines is 1. The molecule has 11 nitrogen and oxygen atoms in total. The number of hydrogen-bond donors (Lipinski definition) is 5. The number of nitrogens with one attached hydrogen (secondary N) is 3. The Morgan fingerprint density at radius 1 is 0.827 bits per heavy atom.